The van der Waals surface area contributed by atoms with Crippen LogP contribution in [0, 0.1) is 56.7 Å². The van der Waals surface area contributed by atoms with Crippen LogP contribution in [0.25, 0.3) is 6.08 Å². The van der Waals surface area contributed by atoms with Gasteiger partial charge in [0.25, 0.3) is 0 Å². The molecule has 0 bridgehead atoms. The minimum absolute atomic E-state index is 0.0271. The summed E-state index contributed by atoms with van der Waals surface area (Å²) in [6.07, 6.45) is 9.93. The van der Waals surface area contributed by atoms with Gasteiger partial charge in [0.05, 0.1) is 18.1 Å². The first-order chi connectivity index (χ1) is 21.6. The van der Waals surface area contributed by atoms with E-state index in [4.69, 9.17) is 4.74 Å². The van der Waals surface area contributed by atoms with Crippen LogP contribution in [0.2, 0.25) is 0 Å². The highest BCUT2D eigenvalue weighted by Gasteiger charge is 2.71. The second-order valence-electron chi connectivity index (χ2n) is 16.8. The standard InChI is InChI=1S/C39H54O7/c1-23-15-18-39(34(44)45)20-19-37(5)27(32(39)24(23)2)12-13-30-35(3)21-28(42)33(36(4,22-40)29(35)16-17-38(30,37)6)46-31(43)14-9-25-7-10-26(41)11-8-25/h7-12,14,23-24,28-30,32-33,40-42H,13,15-22H2,1-6H3,(H,44,45)/t23?,24?,28?,29-,30-,32+,33?,35-,36-,37+,38+,39-/m0/s1. The van der Waals surface area contributed by atoms with E-state index in [-0.39, 0.29) is 46.4 Å². The first-order valence-corrected chi connectivity index (χ1v) is 17.5. The molecule has 4 saturated carbocycles. The number of aliphatic hydroxyl groups is 2. The number of benzene rings is 1. The quantitative estimate of drug-likeness (QED) is 0.156. The number of hydrogen-bond acceptors (Lipinski definition) is 6. The molecule has 5 aliphatic rings. The molecule has 1 aromatic carbocycles. The van der Waals surface area contributed by atoms with Crippen molar-refractivity contribution in [2.24, 2.45) is 56.7 Å². The summed E-state index contributed by atoms with van der Waals surface area (Å²) in [6.45, 7) is 13.5. The Morgan fingerprint density at radius 1 is 0.978 bits per heavy atom. The number of hydrogen-bond donors (Lipinski definition) is 4. The maximum atomic E-state index is 13.1. The first-order valence-electron chi connectivity index (χ1n) is 17.5. The average Bonchev–Trinajstić information content (AvgIpc) is 3.00. The number of ether oxygens (including phenoxy) is 1. The Hall–Kier alpha value is -2.64. The molecule has 7 heteroatoms. The van der Waals surface area contributed by atoms with Gasteiger partial charge in [0, 0.05) is 11.5 Å². The second-order valence-corrected chi connectivity index (χ2v) is 16.8. The largest absolute Gasteiger partial charge is 0.508 e. The molecule has 0 heterocycles. The number of carboxylic acid groups (broad SMARTS) is 1. The lowest BCUT2D eigenvalue weighted by atomic mass is 9.33. The van der Waals surface area contributed by atoms with Gasteiger partial charge in [-0.25, -0.2) is 4.79 Å². The Kier molecular flexibility index (Phi) is 8.12. The van der Waals surface area contributed by atoms with Gasteiger partial charge < -0.3 is 25.2 Å². The number of allylic oxidation sites excluding steroid dienone is 2. The molecule has 6 rings (SSSR count). The SMILES string of the molecule is CC1CC[C@]2(C(=O)O)CC[C@]3(C)C(=CC[C@H]4[C@@]5(C)CC(O)C(OC(=O)C=Cc6ccc(O)cc6)[C@@](C)(CO)[C@H]5CC[C@]43C)[C@H]2C1C. The maximum absolute atomic E-state index is 13.1. The van der Waals surface area contributed by atoms with Crippen molar-refractivity contribution >= 4 is 18.0 Å². The van der Waals surface area contributed by atoms with Crippen molar-refractivity contribution in [3.63, 3.8) is 0 Å². The minimum Gasteiger partial charge on any atom is -0.508 e. The Labute approximate surface area is 274 Å². The van der Waals surface area contributed by atoms with Gasteiger partial charge in [0.15, 0.2) is 0 Å². The van der Waals surface area contributed by atoms with E-state index in [0.717, 1.165) is 44.1 Å². The van der Waals surface area contributed by atoms with E-state index in [9.17, 15) is 30.0 Å². The van der Waals surface area contributed by atoms with Gasteiger partial charge >= 0.3 is 11.9 Å². The van der Waals surface area contributed by atoms with Crippen molar-refractivity contribution in [1.29, 1.82) is 0 Å². The molecule has 0 aliphatic heterocycles. The van der Waals surface area contributed by atoms with Crippen molar-refractivity contribution < 1.29 is 34.8 Å². The summed E-state index contributed by atoms with van der Waals surface area (Å²) in [5.74, 6) is 0.0165. The summed E-state index contributed by atoms with van der Waals surface area (Å²) in [6, 6.07) is 6.49. The van der Waals surface area contributed by atoms with Gasteiger partial charge in [0.1, 0.15) is 11.9 Å². The summed E-state index contributed by atoms with van der Waals surface area (Å²) in [5.41, 5.74) is 0.0232. The number of fused-ring (bicyclic) bond motifs is 7. The third-order valence-electron chi connectivity index (χ3n) is 15.0. The minimum atomic E-state index is -0.935. The summed E-state index contributed by atoms with van der Waals surface area (Å²) >= 11 is 0. The van der Waals surface area contributed by atoms with E-state index in [0.29, 0.717) is 24.7 Å². The molecule has 5 aliphatic carbocycles. The Morgan fingerprint density at radius 2 is 1.67 bits per heavy atom. The zero-order valence-electron chi connectivity index (χ0n) is 28.5. The summed E-state index contributed by atoms with van der Waals surface area (Å²) < 4.78 is 5.98. The molecule has 4 unspecified atom stereocenters. The predicted molar refractivity (Wildman–Crippen MR) is 176 cm³/mol. The fourth-order valence-electron chi connectivity index (χ4n) is 12.1. The van der Waals surface area contributed by atoms with Gasteiger partial charge in [-0.1, -0.05) is 65.3 Å². The van der Waals surface area contributed by atoms with Crippen LogP contribution < -0.4 is 0 Å². The molecular weight excluding hydrogens is 580 g/mol. The van der Waals surface area contributed by atoms with Crippen LogP contribution >= 0.6 is 0 Å². The van der Waals surface area contributed by atoms with E-state index >= 15 is 0 Å². The lowest BCUT2D eigenvalue weighted by Crippen LogP contribution is -2.68. The number of esters is 1. The highest BCUT2D eigenvalue weighted by atomic mass is 16.6. The molecule has 46 heavy (non-hydrogen) atoms. The van der Waals surface area contributed by atoms with Crippen LogP contribution in [0.5, 0.6) is 5.75 Å². The zero-order valence-corrected chi connectivity index (χ0v) is 28.5. The molecule has 0 aromatic heterocycles. The fourth-order valence-corrected chi connectivity index (χ4v) is 12.1. The molecule has 0 saturated heterocycles. The van der Waals surface area contributed by atoms with Crippen LogP contribution in [0.3, 0.4) is 0 Å². The van der Waals surface area contributed by atoms with E-state index in [1.54, 1.807) is 30.3 Å². The van der Waals surface area contributed by atoms with Crippen LogP contribution in [-0.2, 0) is 14.3 Å². The number of carbonyl (C=O) groups excluding carboxylic acids is 1. The molecule has 12 atom stereocenters. The van der Waals surface area contributed by atoms with E-state index in [2.05, 4.69) is 40.7 Å². The summed E-state index contributed by atoms with van der Waals surface area (Å²) in [7, 11) is 0. The topological polar surface area (TPSA) is 124 Å². The molecule has 252 valence electrons. The van der Waals surface area contributed by atoms with E-state index < -0.39 is 35.0 Å². The third kappa shape index (κ3) is 4.57. The Bertz CT molecular complexity index is 1430. The van der Waals surface area contributed by atoms with Crippen molar-refractivity contribution in [3.05, 3.63) is 47.6 Å². The number of phenols is 1. The van der Waals surface area contributed by atoms with Gasteiger partial charge in [-0.15, -0.1) is 0 Å². The van der Waals surface area contributed by atoms with Crippen LogP contribution in [0.4, 0.5) is 0 Å². The number of aromatic hydroxyl groups is 1. The summed E-state index contributed by atoms with van der Waals surface area (Å²) in [4.78, 5) is 26.0. The number of carbonyl (C=O) groups is 2. The van der Waals surface area contributed by atoms with Crippen molar-refractivity contribution in [1.82, 2.24) is 0 Å². The Morgan fingerprint density at radius 3 is 2.33 bits per heavy atom. The van der Waals surface area contributed by atoms with Gasteiger partial charge in [-0.2, -0.15) is 0 Å². The van der Waals surface area contributed by atoms with Gasteiger partial charge in [-0.3, -0.25) is 4.79 Å². The number of rotatable bonds is 5. The monoisotopic (exact) mass is 634 g/mol. The molecule has 0 spiro atoms. The molecule has 4 fully saturated rings. The summed E-state index contributed by atoms with van der Waals surface area (Å²) in [5, 5.41) is 43.0. The van der Waals surface area contributed by atoms with Crippen molar-refractivity contribution in [2.75, 3.05) is 6.61 Å². The average molecular weight is 635 g/mol. The number of carboxylic acids is 1. The van der Waals surface area contributed by atoms with E-state index in [1.807, 2.05) is 6.92 Å². The van der Waals surface area contributed by atoms with Gasteiger partial charge in [-0.05, 0) is 121 Å². The zero-order chi connectivity index (χ0) is 33.4. The third-order valence-corrected chi connectivity index (χ3v) is 15.0. The van der Waals surface area contributed by atoms with Crippen LogP contribution in [0.1, 0.15) is 98.5 Å². The highest BCUT2D eigenvalue weighted by molar-refractivity contribution is 5.87. The fraction of sp³-hybridized carbons (Fsp3) is 0.692. The molecule has 0 amide bonds. The first kappa shape index (κ1) is 33.3. The van der Waals surface area contributed by atoms with Crippen LogP contribution in [0.15, 0.2) is 42.0 Å². The normalized spacial score (nSPS) is 46.7. The predicted octanol–water partition coefficient (Wildman–Crippen LogP) is 7.00. The molecule has 1 aromatic rings. The number of aliphatic carboxylic acids is 1. The molecule has 7 nitrogen and oxygen atoms in total. The lowest BCUT2D eigenvalue weighted by molar-refractivity contribution is -0.249. The molecule has 0 radical (unpaired) electrons. The van der Waals surface area contributed by atoms with Crippen LogP contribution in [-0.4, -0.2) is 51.2 Å². The maximum Gasteiger partial charge on any atom is 0.331 e. The second kappa shape index (κ2) is 11.2. The number of aliphatic hydroxyl groups excluding tert-OH is 2. The highest BCUT2D eigenvalue weighted by Crippen LogP contribution is 2.75. The lowest BCUT2D eigenvalue weighted by Gasteiger charge is -2.71. The van der Waals surface area contributed by atoms with Gasteiger partial charge in [0.2, 0.25) is 0 Å². The number of phenolic OH excluding ortho intramolecular Hbond substituents is 1. The van der Waals surface area contributed by atoms with Crippen molar-refractivity contribution in [2.45, 2.75) is 105 Å². The molecular formula is C39H54O7. The molecule has 4 N–H and O–H groups in total. The van der Waals surface area contributed by atoms with E-state index in [1.165, 1.54) is 11.6 Å². The van der Waals surface area contributed by atoms with Crippen molar-refractivity contribution in [3.8, 4) is 5.75 Å². The Balaban J connectivity index is 1.32. The smallest absolute Gasteiger partial charge is 0.331 e.